The second-order valence-electron chi connectivity index (χ2n) is 9.01. The molecular weight excluding hydrogens is 443 g/mol. The van der Waals surface area contributed by atoms with Gasteiger partial charge in [0, 0.05) is 56.7 Å². The molecule has 4 nitrogen and oxygen atoms in total. The van der Waals surface area contributed by atoms with E-state index in [0.717, 1.165) is 19.1 Å². The summed E-state index contributed by atoms with van der Waals surface area (Å²) in [6, 6.07) is 5.48. The minimum absolute atomic E-state index is 0.00502. The van der Waals surface area contributed by atoms with Crippen molar-refractivity contribution < 1.29 is 31.8 Å². The lowest BCUT2D eigenvalue weighted by Gasteiger charge is -2.39. The van der Waals surface area contributed by atoms with Gasteiger partial charge in [-0.2, -0.15) is 0 Å². The van der Waals surface area contributed by atoms with Crippen molar-refractivity contribution >= 4 is 0 Å². The maximum atomic E-state index is 15.2. The zero-order valence-electron chi connectivity index (χ0n) is 18.3. The van der Waals surface area contributed by atoms with Crippen LogP contribution in [0.25, 0.3) is 0 Å². The summed E-state index contributed by atoms with van der Waals surface area (Å²) in [6.45, 7) is 1.89. The number of ether oxygens (including phenoxy) is 1. The number of phenolic OH excluding ortho intramolecular Hbond substituents is 1. The number of hydrogen-bond acceptors (Lipinski definition) is 4. The van der Waals surface area contributed by atoms with Crippen LogP contribution in [0.5, 0.6) is 11.5 Å². The standard InChI is InChI=1S/C24H27F5N2O2/c1-24(28,29)14-31-5-4-16-8-17(32)2-3-19(16)23(31)22-20(26)9-18(10-21(22)27)33-7-6-30-12-15(11-25)13-30/h2-3,8-10,15,23,32H,4-7,11-14H2,1H3/t23-/m1/s1. The quantitative estimate of drug-likeness (QED) is 0.575. The van der Waals surface area contributed by atoms with Crippen LogP contribution >= 0.6 is 0 Å². The maximum Gasteiger partial charge on any atom is 0.257 e. The summed E-state index contributed by atoms with van der Waals surface area (Å²) in [7, 11) is 0. The predicted molar refractivity (Wildman–Crippen MR) is 114 cm³/mol. The van der Waals surface area contributed by atoms with E-state index in [-0.39, 0.29) is 42.8 Å². The normalized spacial score (nSPS) is 19.9. The molecule has 180 valence electrons. The number of likely N-dealkylation sites (tertiary alicyclic amines) is 1. The topological polar surface area (TPSA) is 35.9 Å². The zero-order valence-corrected chi connectivity index (χ0v) is 18.3. The lowest BCUT2D eigenvalue weighted by atomic mass is 9.87. The highest BCUT2D eigenvalue weighted by Crippen LogP contribution is 2.40. The van der Waals surface area contributed by atoms with Crippen LogP contribution in [0.3, 0.4) is 0 Å². The first kappa shape index (κ1) is 23.8. The summed E-state index contributed by atoms with van der Waals surface area (Å²) in [5, 5.41) is 9.79. The molecule has 2 aromatic rings. The molecule has 1 fully saturated rings. The van der Waals surface area contributed by atoms with Crippen molar-refractivity contribution in [2.24, 2.45) is 5.92 Å². The first-order valence-electron chi connectivity index (χ1n) is 11.0. The van der Waals surface area contributed by atoms with Gasteiger partial charge in [-0.05, 0) is 29.7 Å². The molecule has 33 heavy (non-hydrogen) atoms. The lowest BCUT2D eigenvalue weighted by Crippen LogP contribution is -2.49. The largest absolute Gasteiger partial charge is 0.508 e. The van der Waals surface area contributed by atoms with E-state index in [0.29, 0.717) is 37.2 Å². The van der Waals surface area contributed by atoms with E-state index >= 15 is 8.78 Å². The molecule has 1 saturated heterocycles. The second-order valence-corrected chi connectivity index (χ2v) is 9.01. The molecule has 0 saturated carbocycles. The minimum Gasteiger partial charge on any atom is -0.508 e. The number of hydrogen-bond donors (Lipinski definition) is 1. The van der Waals surface area contributed by atoms with Gasteiger partial charge in [0.05, 0.1) is 19.3 Å². The number of alkyl halides is 3. The number of halogens is 5. The van der Waals surface area contributed by atoms with Crippen molar-refractivity contribution in [2.45, 2.75) is 25.3 Å². The molecule has 0 aliphatic carbocycles. The molecule has 1 N–H and O–H groups in total. The molecule has 0 spiro atoms. The van der Waals surface area contributed by atoms with Crippen molar-refractivity contribution in [3.63, 3.8) is 0 Å². The van der Waals surface area contributed by atoms with Crippen molar-refractivity contribution in [1.29, 1.82) is 0 Å². The Kier molecular flexibility index (Phi) is 6.81. The smallest absolute Gasteiger partial charge is 0.257 e. The van der Waals surface area contributed by atoms with Crippen molar-refractivity contribution in [3.8, 4) is 11.5 Å². The highest BCUT2D eigenvalue weighted by molar-refractivity contribution is 5.45. The second kappa shape index (κ2) is 9.46. The van der Waals surface area contributed by atoms with Crippen LogP contribution in [0.1, 0.15) is 29.7 Å². The van der Waals surface area contributed by atoms with Crippen LogP contribution in [0.2, 0.25) is 0 Å². The van der Waals surface area contributed by atoms with Crippen LogP contribution in [-0.2, 0) is 6.42 Å². The van der Waals surface area contributed by atoms with Crippen molar-refractivity contribution in [2.75, 3.05) is 46.0 Å². The van der Waals surface area contributed by atoms with E-state index < -0.39 is 30.1 Å². The van der Waals surface area contributed by atoms with Crippen molar-refractivity contribution in [3.05, 3.63) is 58.7 Å². The summed E-state index contributed by atoms with van der Waals surface area (Å²) < 4.78 is 76.2. The Morgan fingerprint density at radius 1 is 1.12 bits per heavy atom. The van der Waals surface area contributed by atoms with Gasteiger partial charge < -0.3 is 9.84 Å². The summed E-state index contributed by atoms with van der Waals surface area (Å²) in [5.74, 6) is -4.78. The van der Waals surface area contributed by atoms with Gasteiger partial charge in [0.1, 0.15) is 29.7 Å². The Morgan fingerprint density at radius 3 is 2.45 bits per heavy atom. The highest BCUT2D eigenvalue weighted by atomic mass is 19.3. The number of phenols is 1. The summed E-state index contributed by atoms with van der Waals surface area (Å²) in [6.07, 6.45) is 0.376. The van der Waals surface area contributed by atoms with Gasteiger partial charge in [-0.1, -0.05) is 6.07 Å². The molecule has 9 heteroatoms. The maximum absolute atomic E-state index is 15.2. The average molecular weight is 470 g/mol. The fraction of sp³-hybridized carbons (Fsp3) is 0.500. The van der Waals surface area contributed by atoms with Gasteiger partial charge in [-0.3, -0.25) is 14.2 Å². The van der Waals surface area contributed by atoms with Crippen LogP contribution in [0.4, 0.5) is 22.0 Å². The van der Waals surface area contributed by atoms with Gasteiger partial charge in [0.15, 0.2) is 0 Å². The molecule has 2 aliphatic rings. The van der Waals surface area contributed by atoms with Gasteiger partial charge >= 0.3 is 0 Å². The van der Waals surface area contributed by atoms with E-state index in [9.17, 15) is 18.3 Å². The van der Waals surface area contributed by atoms with Gasteiger partial charge in [0.25, 0.3) is 5.92 Å². The Balaban J connectivity index is 1.57. The molecule has 2 heterocycles. The first-order chi connectivity index (χ1) is 15.6. The zero-order chi connectivity index (χ0) is 23.8. The van der Waals surface area contributed by atoms with Crippen LogP contribution in [-0.4, -0.2) is 66.8 Å². The number of aromatic hydroxyl groups is 1. The monoisotopic (exact) mass is 470 g/mol. The average Bonchev–Trinajstić information content (AvgIpc) is 2.69. The summed E-state index contributed by atoms with van der Waals surface area (Å²) in [4.78, 5) is 3.36. The Bertz CT molecular complexity index is 968. The molecule has 0 bridgehead atoms. The Morgan fingerprint density at radius 2 is 1.82 bits per heavy atom. The molecule has 1 atom stereocenters. The SMILES string of the molecule is CC(F)(F)CN1CCc2cc(O)ccc2[C@@H]1c1c(F)cc(OCCN2CC(CF)C2)cc1F. The number of rotatable bonds is 8. The lowest BCUT2D eigenvalue weighted by molar-refractivity contribution is -0.0245. The van der Waals surface area contributed by atoms with Crippen LogP contribution in [0.15, 0.2) is 30.3 Å². The number of nitrogens with zero attached hydrogens (tertiary/aromatic N) is 2. The van der Waals surface area contributed by atoms with E-state index in [4.69, 9.17) is 4.74 Å². The Hall–Kier alpha value is -2.39. The third-order valence-corrected chi connectivity index (χ3v) is 6.19. The van der Waals surface area contributed by atoms with E-state index in [2.05, 4.69) is 0 Å². The highest BCUT2D eigenvalue weighted by Gasteiger charge is 2.37. The van der Waals surface area contributed by atoms with Gasteiger partial charge in [-0.25, -0.2) is 17.6 Å². The Labute approximate surface area is 189 Å². The number of benzene rings is 2. The molecule has 0 aromatic heterocycles. The van der Waals surface area contributed by atoms with E-state index in [1.165, 1.54) is 23.1 Å². The van der Waals surface area contributed by atoms with E-state index in [1.807, 2.05) is 4.90 Å². The van der Waals surface area contributed by atoms with E-state index in [1.54, 1.807) is 0 Å². The van der Waals surface area contributed by atoms with Crippen LogP contribution in [0, 0.1) is 17.6 Å². The third-order valence-electron chi connectivity index (χ3n) is 6.19. The molecule has 2 aliphatic heterocycles. The molecular formula is C24H27F5N2O2. The third kappa shape index (κ3) is 5.41. The summed E-state index contributed by atoms with van der Waals surface area (Å²) in [5.41, 5.74) is 0.817. The fourth-order valence-electron chi connectivity index (χ4n) is 4.69. The number of fused-ring (bicyclic) bond motifs is 1. The van der Waals surface area contributed by atoms with Gasteiger partial charge in [0.2, 0.25) is 0 Å². The molecule has 0 radical (unpaired) electrons. The summed E-state index contributed by atoms with van der Waals surface area (Å²) >= 11 is 0. The minimum atomic E-state index is -3.05. The predicted octanol–water partition coefficient (Wildman–Crippen LogP) is 4.55. The fourth-order valence-corrected chi connectivity index (χ4v) is 4.69. The molecule has 0 unspecified atom stereocenters. The van der Waals surface area contributed by atoms with Crippen LogP contribution < -0.4 is 4.74 Å². The molecule has 0 amide bonds. The molecule has 4 rings (SSSR count). The first-order valence-corrected chi connectivity index (χ1v) is 11.0. The molecule has 2 aromatic carbocycles. The van der Waals surface area contributed by atoms with Gasteiger partial charge in [-0.15, -0.1) is 0 Å². The van der Waals surface area contributed by atoms with Crippen molar-refractivity contribution in [1.82, 2.24) is 9.80 Å².